The van der Waals surface area contributed by atoms with Crippen molar-refractivity contribution in [1.29, 1.82) is 0 Å². The molecule has 0 N–H and O–H groups in total. The SMILES string of the molecule is [W].[W].[W].[W]=[CH]/C=C\C1=[C-]OCC1. The molecule has 0 amide bonds. The van der Waals surface area contributed by atoms with Gasteiger partial charge in [0.25, 0.3) is 0 Å². The maximum atomic E-state index is 4.91. The molecule has 0 atom stereocenters. The van der Waals surface area contributed by atoms with Crippen molar-refractivity contribution >= 4 is 4.40 Å². The van der Waals surface area contributed by atoms with Gasteiger partial charge in [0.05, 0.1) is 0 Å². The summed E-state index contributed by atoms with van der Waals surface area (Å²) in [4.78, 5) is 0. The second-order valence-corrected chi connectivity index (χ2v) is 2.70. The van der Waals surface area contributed by atoms with Gasteiger partial charge in [-0.2, -0.15) is 0 Å². The van der Waals surface area contributed by atoms with E-state index in [9.17, 15) is 0 Å². The summed E-state index contributed by atoms with van der Waals surface area (Å²) < 4.78 is 6.99. The Bertz CT molecular complexity index is 165. The Hall–Kier alpha value is 1.90. The summed E-state index contributed by atoms with van der Waals surface area (Å²) in [5.74, 6) is 0. The van der Waals surface area contributed by atoms with Gasteiger partial charge in [-0.25, -0.2) is 0 Å². The average molecular weight is 842 g/mol. The Balaban J connectivity index is -0.000000270. The van der Waals surface area contributed by atoms with Crippen molar-refractivity contribution in [3.63, 3.8) is 0 Å². The second kappa shape index (κ2) is 12.9. The summed E-state index contributed by atoms with van der Waals surface area (Å²) in [7, 11) is 0. The van der Waals surface area contributed by atoms with E-state index >= 15 is 0 Å². The first-order chi connectivity index (χ1) is 4.43. The molecule has 0 aromatic carbocycles. The van der Waals surface area contributed by atoms with E-state index in [1.54, 1.807) is 0 Å². The van der Waals surface area contributed by atoms with Gasteiger partial charge in [-0.15, -0.1) is 0 Å². The van der Waals surface area contributed by atoms with E-state index in [2.05, 4.69) is 10.7 Å². The fourth-order valence-electron chi connectivity index (χ4n) is 0.629. The van der Waals surface area contributed by atoms with E-state index in [1.807, 2.05) is 12.2 Å². The molecule has 0 aliphatic carbocycles. The van der Waals surface area contributed by atoms with Crippen LogP contribution in [-0.2, 0) is 87.3 Å². The number of ether oxygens (including phenoxy) is 1. The maximum absolute atomic E-state index is 4.91. The molecule has 0 fully saturated rings. The zero-order chi connectivity index (χ0) is 6.53. The molecule has 0 unspecified atom stereocenters. The molecule has 66 valence electrons. The average Bonchev–Trinajstić information content (AvgIpc) is 2.34. The van der Waals surface area contributed by atoms with Crippen LogP contribution in [0, 0.1) is 6.26 Å². The first kappa shape index (κ1) is 19.5. The molecule has 0 radical (unpaired) electrons. The molecular weight excluding hydrogens is 835 g/mol. The Labute approximate surface area is 127 Å². The normalized spacial score (nSPS) is 13.2. The summed E-state index contributed by atoms with van der Waals surface area (Å²) in [5, 5.41) is 0. The number of hydrogen-bond acceptors (Lipinski definition) is 1. The summed E-state index contributed by atoms with van der Waals surface area (Å²) >= 11 is 1.47. The summed E-state index contributed by atoms with van der Waals surface area (Å²) in [5.41, 5.74) is 1.17. The van der Waals surface area contributed by atoms with Crippen molar-refractivity contribution in [3.8, 4) is 0 Å². The van der Waals surface area contributed by atoms with Crippen molar-refractivity contribution in [2.75, 3.05) is 6.61 Å². The van der Waals surface area contributed by atoms with Crippen molar-refractivity contribution in [3.05, 3.63) is 24.0 Å². The molecule has 1 aliphatic rings. The van der Waals surface area contributed by atoms with E-state index in [-0.39, 0.29) is 63.2 Å². The van der Waals surface area contributed by atoms with E-state index in [0.29, 0.717) is 0 Å². The van der Waals surface area contributed by atoms with E-state index in [1.165, 1.54) is 24.9 Å². The Morgan fingerprint density at radius 2 is 2.00 bits per heavy atom. The third-order valence-electron chi connectivity index (χ3n) is 1.05. The van der Waals surface area contributed by atoms with Crippen molar-refractivity contribution in [1.82, 2.24) is 0 Å². The molecule has 0 aromatic heterocycles. The third-order valence-corrected chi connectivity index (χ3v) is 1.62. The summed E-state index contributed by atoms with van der Waals surface area (Å²) in [6, 6.07) is 0. The van der Waals surface area contributed by atoms with Crippen LogP contribution in [0.2, 0.25) is 0 Å². The molecule has 0 saturated heterocycles. The molecule has 1 nitrogen and oxygen atoms in total. The quantitative estimate of drug-likeness (QED) is 0.378. The van der Waals surface area contributed by atoms with E-state index in [4.69, 9.17) is 4.74 Å². The van der Waals surface area contributed by atoms with Crippen molar-refractivity contribution < 1.29 is 87.3 Å². The molecule has 1 rings (SSSR count). The Morgan fingerprint density at radius 1 is 1.33 bits per heavy atom. The van der Waals surface area contributed by atoms with Crippen LogP contribution in [-0.4, -0.2) is 11.0 Å². The predicted molar refractivity (Wildman–Crippen MR) is 32.5 cm³/mol. The van der Waals surface area contributed by atoms with Gasteiger partial charge in [-0.3, -0.25) is 0 Å². The Kier molecular flexibility index (Phi) is 20.9. The van der Waals surface area contributed by atoms with Crippen molar-refractivity contribution in [2.24, 2.45) is 0 Å². The van der Waals surface area contributed by atoms with Gasteiger partial charge >= 0.3 is 65.5 Å². The van der Waals surface area contributed by atoms with Crippen molar-refractivity contribution in [2.45, 2.75) is 6.42 Å². The molecule has 1 aliphatic heterocycles. The van der Waals surface area contributed by atoms with Crippen LogP contribution in [0.1, 0.15) is 6.42 Å². The predicted octanol–water partition coefficient (Wildman–Crippen LogP) is 0.991. The summed E-state index contributed by atoms with van der Waals surface area (Å²) in [6.45, 7) is 0.802. The molecule has 1 heterocycles. The van der Waals surface area contributed by atoms with Crippen LogP contribution in [0.3, 0.4) is 0 Å². The zero-order valence-corrected chi connectivity index (χ0v) is 17.9. The number of hydrogen-bond donors (Lipinski definition) is 0. The van der Waals surface area contributed by atoms with Gasteiger partial charge in [0.15, 0.2) is 0 Å². The van der Waals surface area contributed by atoms with Gasteiger partial charge < -0.3 is 0 Å². The molecule has 0 saturated carbocycles. The van der Waals surface area contributed by atoms with Crippen LogP contribution in [0.25, 0.3) is 0 Å². The molecule has 0 bridgehead atoms. The summed E-state index contributed by atoms with van der Waals surface area (Å²) in [6.07, 6.45) is 7.90. The van der Waals surface area contributed by atoms with E-state index in [0.717, 1.165) is 13.0 Å². The zero-order valence-electron chi connectivity index (χ0n) is 6.19. The van der Waals surface area contributed by atoms with Crippen LogP contribution in [0.15, 0.2) is 17.7 Å². The molecule has 0 spiro atoms. The standard InChI is InChI=1S/C7H7O.4W/c1-2-3-7-4-5-8-6-7;;;;/h1-3H,4-5H2;;;;/q-1;;;;/b3-2-;;;;. The molecular formula is C7H7OW4-. The molecule has 12 heavy (non-hydrogen) atoms. The first-order valence-electron chi connectivity index (χ1n) is 2.79. The monoisotopic (exact) mass is 843 g/mol. The van der Waals surface area contributed by atoms with Gasteiger partial charge in [-0.1, -0.05) is 0 Å². The number of allylic oxidation sites excluding steroid dienone is 2. The third kappa shape index (κ3) is 8.50. The fourth-order valence-corrected chi connectivity index (χ4v) is 0.911. The molecule has 5 heteroatoms. The fraction of sp³-hybridized carbons (Fsp3) is 0.286. The van der Waals surface area contributed by atoms with Crippen LogP contribution < -0.4 is 0 Å². The van der Waals surface area contributed by atoms with Crippen LogP contribution in [0.5, 0.6) is 0 Å². The van der Waals surface area contributed by atoms with Gasteiger partial charge in [0.1, 0.15) is 0 Å². The van der Waals surface area contributed by atoms with Crippen LogP contribution >= 0.6 is 0 Å². The molecule has 0 aromatic rings. The minimum absolute atomic E-state index is 0. The Morgan fingerprint density at radius 3 is 2.42 bits per heavy atom. The van der Waals surface area contributed by atoms with Gasteiger partial charge in [0, 0.05) is 63.2 Å². The number of rotatable bonds is 2. The first-order valence-corrected chi connectivity index (χ1v) is 4.48. The topological polar surface area (TPSA) is 9.23 Å². The van der Waals surface area contributed by atoms with E-state index < -0.39 is 0 Å². The minimum atomic E-state index is 0. The van der Waals surface area contributed by atoms with Gasteiger partial charge in [0.2, 0.25) is 0 Å². The second-order valence-electron chi connectivity index (χ2n) is 1.72. The van der Waals surface area contributed by atoms with Crippen LogP contribution in [0.4, 0.5) is 0 Å². The van der Waals surface area contributed by atoms with Gasteiger partial charge in [-0.05, 0) is 0 Å².